The number of ether oxygens (including phenoxy) is 2. The first-order valence-corrected chi connectivity index (χ1v) is 8.53. The first-order valence-electron chi connectivity index (χ1n) is 8.53. The minimum atomic E-state index is -1.49. The molecule has 0 aromatic heterocycles. The second-order valence-electron chi connectivity index (χ2n) is 7.04. The van der Waals surface area contributed by atoms with E-state index >= 15 is 0 Å². The molecule has 3 aliphatic heterocycles. The number of amides is 1. The fraction of sp³-hybridized carbons (Fsp3) is 0.588. The van der Waals surface area contributed by atoms with Crippen LogP contribution < -0.4 is 5.73 Å². The quantitative estimate of drug-likeness (QED) is 0.487. The minimum absolute atomic E-state index is 0.00852. The number of nitrogens with two attached hydrogens (primary N) is 1. The molecule has 0 aromatic carbocycles. The van der Waals surface area contributed by atoms with Crippen LogP contribution >= 0.6 is 0 Å². The molecule has 4 aliphatic rings. The molecule has 0 saturated carbocycles. The second kappa shape index (κ2) is 5.31. The van der Waals surface area contributed by atoms with E-state index < -0.39 is 23.5 Å². The molecule has 0 bridgehead atoms. The van der Waals surface area contributed by atoms with Gasteiger partial charge in [-0.3, -0.25) is 14.5 Å². The van der Waals surface area contributed by atoms with Crippen molar-refractivity contribution in [3.05, 3.63) is 22.6 Å². The van der Waals surface area contributed by atoms with Gasteiger partial charge in [0.05, 0.1) is 24.8 Å². The van der Waals surface area contributed by atoms with Crippen molar-refractivity contribution < 1.29 is 29.0 Å². The Morgan fingerprint density at radius 3 is 2.65 bits per heavy atom. The molecule has 1 amide bonds. The van der Waals surface area contributed by atoms with Crippen LogP contribution in [0.15, 0.2) is 22.6 Å². The zero-order valence-electron chi connectivity index (χ0n) is 14.8. The molecule has 2 fully saturated rings. The Bertz CT molecular complexity index is 802. The van der Waals surface area contributed by atoms with E-state index in [0.717, 1.165) is 0 Å². The Hall–Kier alpha value is -2.39. The molecular formula is C17H21N3O6. The van der Waals surface area contributed by atoms with Crippen molar-refractivity contribution in [3.63, 3.8) is 0 Å². The number of carbonyl (C=O) groups excluding carboxylic acids is 3. The lowest BCUT2D eigenvalue weighted by Gasteiger charge is -2.37. The number of nitrogens with zero attached hydrogens (tertiary/aromatic N) is 2. The maximum atomic E-state index is 13.1. The highest BCUT2D eigenvalue weighted by Gasteiger charge is 2.74. The van der Waals surface area contributed by atoms with Crippen LogP contribution in [0.4, 0.5) is 4.79 Å². The molecule has 9 heteroatoms. The highest BCUT2D eigenvalue weighted by molar-refractivity contribution is 6.25. The van der Waals surface area contributed by atoms with Crippen molar-refractivity contribution in [3.8, 4) is 0 Å². The lowest BCUT2D eigenvalue weighted by Crippen LogP contribution is -2.53. The molecule has 5 atom stereocenters. The summed E-state index contributed by atoms with van der Waals surface area (Å²) >= 11 is 0. The minimum Gasteiger partial charge on any atom is -0.492 e. The van der Waals surface area contributed by atoms with Gasteiger partial charge < -0.3 is 25.2 Å². The normalized spacial score (nSPS) is 37.6. The van der Waals surface area contributed by atoms with Crippen LogP contribution in [0.1, 0.15) is 13.3 Å². The average Bonchev–Trinajstić information content (AvgIpc) is 3.00. The lowest BCUT2D eigenvalue weighted by molar-refractivity contribution is -0.126. The summed E-state index contributed by atoms with van der Waals surface area (Å²) in [6, 6.07) is -0.155. The molecule has 0 spiro atoms. The zero-order valence-corrected chi connectivity index (χ0v) is 14.8. The van der Waals surface area contributed by atoms with E-state index in [4.69, 9.17) is 15.2 Å². The number of fused-ring (bicyclic) bond motifs is 4. The Morgan fingerprint density at radius 2 is 2.08 bits per heavy atom. The fourth-order valence-electron chi connectivity index (χ4n) is 4.82. The maximum Gasteiger partial charge on any atom is 0.404 e. The lowest BCUT2D eigenvalue weighted by atomic mass is 9.82. The van der Waals surface area contributed by atoms with Gasteiger partial charge in [0.15, 0.2) is 11.5 Å². The standard InChI is InChI=1S/C17H21N3O6/c1-4-7-12(21)11-10(13(22)14(7)25-3)8(6-26-16(18)23)17(24)15-9(19(15)2)5-20(11)17/h8-9,15,24H,4-6H2,1-3H3,(H2,18,23)/t8-,9-,15-,17+,19?/m0/s1. The summed E-state index contributed by atoms with van der Waals surface area (Å²) < 4.78 is 10.1. The number of likely N-dealkylation sites (N-methyl/N-ethyl adjacent to an activating group) is 1. The van der Waals surface area contributed by atoms with Gasteiger partial charge in [-0.1, -0.05) is 6.92 Å². The zero-order chi connectivity index (χ0) is 19.0. The highest BCUT2D eigenvalue weighted by Crippen LogP contribution is 2.57. The maximum absolute atomic E-state index is 13.1. The van der Waals surface area contributed by atoms with Crippen LogP contribution in [0, 0.1) is 5.92 Å². The van der Waals surface area contributed by atoms with Crippen LogP contribution in [0.5, 0.6) is 0 Å². The van der Waals surface area contributed by atoms with Gasteiger partial charge in [0, 0.05) is 23.7 Å². The summed E-state index contributed by atoms with van der Waals surface area (Å²) in [5.74, 6) is -1.64. The largest absolute Gasteiger partial charge is 0.492 e. The van der Waals surface area contributed by atoms with E-state index in [1.54, 1.807) is 11.8 Å². The van der Waals surface area contributed by atoms with Crippen LogP contribution in [-0.4, -0.2) is 77.7 Å². The van der Waals surface area contributed by atoms with Gasteiger partial charge >= 0.3 is 6.09 Å². The second-order valence-corrected chi connectivity index (χ2v) is 7.04. The number of methoxy groups -OCH3 is 1. The van der Waals surface area contributed by atoms with E-state index in [9.17, 15) is 19.5 Å². The van der Waals surface area contributed by atoms with Gasteiger partial charge in [0.25, 0.3) is 0 Å². The smallest absolute Gasteiger partial charge is 0.404 e. The van der Waals surface area contributed by atoms with Crippen molar-refractivity contribution in [1.82, 2.24) is 9.80 Å². The van der Waals surface area contributed by atoms with Crippen molar-refractivity contribution in [2.75, 3.05) is 27.3 Å². The number of piperazine rings is 1. The average molecular weight is 363 g/mol. The number of ketones is 2. The van der Waals surface area contributed by atoms with Crippen molar-refractivity contribution in [1.29, 1.82) is 0 Å². The molecule has 3 N–H and O–H groups in total. The predicted molar refractivity (Wildman–Crippen MR) is 87.4 cm³/mol. The van der Waals surface area contributed by atoms with E-state index in [0.29, 0.717) is 18.5 Å². The Morgan fingerprint density at radius 1 is 1.38 bits per heavy atom. The van der Waals surface area contributed by atoms with Gasteiger partial charge in [-0.05, 0) is 13.5 Å². The highest BCUT2D eigenvalue weighted by atomic mass is 16.5. The number of rotatable bonds is 4. The summed E-state index contributed by atoms with van der Waals surface area (Å²) in [5, 5.41) is 11.5. The van der Waals surface area contributed by atoms with Gasteiger partial charge in [-0.15, -0.1) is 0 Å². The first kappa shape index (κ1) is 17.0. The Balaban J connectivity index is 1.83. The van der Waals surface area contributed by atoms with Crippen molar-refractivity contribution >= 4 is 17.7 Å². The third-order valence-electron chi connectivity index (χ3n) is 6.02. The number of allylic oxidation sites excluding steroid dienone is 2. The molecule has 0 aromatic rings. The molecule has 26 heavy (non-hydrogen) atoms. The molecule has 140 valence electrons. The molecule has 3 heterocycles. The van der Waals surface area contributed by atoms with Gasteiger partial charge in [0.2, 0.25) is 11.6 Å². The summed E-state index contributed by atoms with van der Waals surface area (Å²) in [4.78, 5) is 40.9. The van der Waals surface area contributed by atoms with Crippen molar-refractivity contribution in [2.24, 2.45) is 11.7 Å². The summed E-state index contributed by atoms with van der Waals surface area (Å²) in [7, 11) is 3.21. The first-order chi connectivity index (χ1) is 12.3. The predicted octanol–water partition coefficient (Wildman–Crippen LogP) is -0.885. The Labute approximate surface area is 150 Å². The van der Waals surface area contributed by atoms with Gasteiger partial charge in [0.1, 0.15) is 6.61 Å². The van der Waals surface area contributed by atoms with Crippen LogP contribution in [-0.2, 0) is 19.1 Å². The topological polar surface area (TPSA) is 122 Å². The molecule has 0 radical (unpaired) electrons. The number of hydrogen-bond donors (Lipinski definition) is 2. The van der Waals surface area contributed by atoms with Crippen molar-refractivity contribution in [2.45, 2.75) is 31.2 Å². The van der Waals surface area contributed by atoms with Crippen LogP contribution in [0.2, 0.25) is 0 Å². The third kappa shape index (κ3) is 1.84. The fourth-order valence-corrected chi connectivity index (χ4v) is 4.82. The van der Waals surface area contributed by atoms with Gasteiger partial charge in [-0.2, -0.15) is 0 Å². The van der Waals surface area contributed by atoms with E-state index in [2.05, 4.69) is 0 Å². The Kier molecular flexibility index (Phi) is 3.48. The molecular weight excluding hydrogens is 342 g/mol. The molecule has 4 rings (SSSR count). The van der Waals surface area contributed by atoms with E-state index in [1.165, 1.54) is 7.11 Å². The molecule has 1 unspecified atom stereocenters. The van der Waals surface area contributed by atoms with Gasteiger partial charge in [-0.25, -0.2) is 4.79 Å². The molecule has 9 nitrogen and oxygen atoms in total. The summed E-state index contributed by atoms with van der Waals surface area (Å²) in [6.45, 7) is 1.92. The van der Waals surface area contributed by atoms with E-state index in [1.807, 2.05) is 11.9 Å². The number of Topliss-reactive ketones (excluding diaryl/α,β-unsaturated/α-hetero) is 2. The number of hydrogen-bond acceptors (Lipinski definition) is 8. The number of carbonyl (C=O) groups is 3. The molecule has 2 saturated heterocycles. The number of primary amides is 1. The monoisotopic (exact) mass is 363 g/mol. The number of aliphatic hydroxyl groups is 1. The van der Waals surface area contributed by atoms with Crippen LogP contribution in [0.3, 0.4) is 0 Å². The third-order valence-corrected chi connectivity index (χ3v) is 6.02. The SMILES string of the molecule is CCC1=C(OC)C(=O)C2=C(C1=O)N1C[C@H]3[C@H](N3C)[C@]1(O)[C@H]2COC(N)=O. The van der Waals surface area contributed by atoms with E-state index in [-0.39, 0.29) is 41.5 Å². The molecule has 1 aliphatic carbocycles. The van der Waals surface area contributed by atoms with Crippen LogP contribution in [0.25, 0.3) is 0 Å². The summed E-state index contributed by atoms with van der Waals surface area (Å²) in [5.41, 5.74) is 4.23. The summed E-state index contributed by atoms with van der Waals surface area (Å²) in [6.07, 6.45) is -0.661.